The van der Waals surface area contributed by atoms with Gasteiger partial charge in [-0.15, -0.1) is 0 Å². The van der Waals surface area contributed by atoms with Crippen LogP contribution in [0.25, 0.3) is 0 Å². The Balaban J connectivity index is 2.23. The van der Waals surface area contributed by atoms with Gasteiger partial charge in [-0.3, -0.25) is 9.48 Å². The monoisotopic (exact) mass is 252 g/mol. The minimum atomic E-state index is -0.0184. The van der Waals surface area contributed by atoms with Gasteiger partial charge in [0.15, 0.2) is 0 Å². The summed E-state index contributed by atoms with van der Waals surface area (Å²) in [6.07, 6.45) is 6.57. The third kappa shape index (κ3) is 5.70. The van der Waals surface area contributed by atoms with E-state index < -0.39 is 0 Å². The molecule has 1 amide bonds. The molecule has 102 valence electrons. The summed E-state index contributed by atoms with van der Waals surface area (Å²) in [6.45, 7) is 6.69. The fourth-order valence-electron chi connectivity index (χ4n) is 1.84. The van der Waals surface area contributed by atoms with Crippen LogP contribution in [-0.2, 0) is 11.3 Å². The third-order valence-electron chi connectivity index (χ3n) is 2.78. The molecule has 0 saturated heterocycles. The highest BCUT2D eigenvalue weighted by Gasteiger charge is 2.08. The maximum atomic E-state index is 11.7. The molecule has 0 aromatic carbocycles. The molecule has 0 saturated carbocycles. The molecule has 1 atom stereocenters. The van der Waals surface area contributed by atoms with E-state index in [4.69, 9.17) is 5.73 Å². The van der Waals surface area contributed by atoms with Crippen LogP contribution in [0.15, 0.2) is 12.4 Å². The lowest BCUT2D eigenvalue weighted by Gasteiger charge is -2.14. The number of carbonyl (C=O) groups is 1. The van der Waals surface area contributed by atoms with E-state index in [0.717, 1.165) is 18.8 Å². The van der Waals surface area contributed by atoms with E-state index in [2.05, 4.69) is 24.3 Å². The van der Waals surface area contributed by atoms with Crippen molar-refractivity contribution in [2.45, 2.75) is 52.6 Å². The van der Waals surface area contributed by atoms with Gasteiger partial charge in [-0.05, 0) is 19.3 Å². The van der Waals surface area contributed by atoms with E-state index in [1.54, 1.807) is 17.1 Å². The first kappa shape index (κ1) is 14.5. The van der Waals surface area contributed by atoms with E-state index in [1.165, 1.54) is 6.42 Å². The highest BCUT2D eigenvalue weighted by molar-refractivity contribution is 5.75. The number of hydrogen-bond donors (Lipinski definition) is 2. The minimum absolute atomic E-state index is 0.0184. The quantitative estimate of drug-likeness (QED) is 0.777. The molecule has 0 spiro atoms. The fourth-order valence-corrected chi connectivity index (χ4v) is 1.84. The molecule has 1 heterocycles. The molecule has 5 nitrogen and oxygen atoms in total. The largest absolute Gasteiger partial charge is 0.396 e. The summed E-state index contributed by atoms with van der Waals surface area (Å²) in [4.78, 5) is 11.7. The molecule has 1 aromatic heterocycles. The number of nitrogens with zero attached hydrogens (tertiary/aromatic N) is 2. The number of nitrogens with one attached hydrogen (secondary N) is 1. The topological polar surface area (TPSA) is 72.9 Å². The predicted molar refractivity (Wildman–Crippen MR) is 72.9 cm³/mol. The summed E-state index contributed by atoms with van der Waals surface area (Å²) in [5, 5.41) is 6.95. The van der Waals surface area contributed by atoms with Crippen molar-refractivity contribution in [2.24, 2.45) is 5.92 Å². The van der Waals surface area contributed by atoms with Gasteiger partial charge in [0.2, 0.25) is 5.91 Å². The number of anilines is 1. The van der Waals surface area contributed by atoms with Crippen LogP contribution in [0.1, 0.15) is 40.0 Å². The van der Waals surface area contributed by atoms with Crippen molar-refractivity contribution in [3.8, 4) is 0 Å². The summed E-state index contributed by atoms with van der Waals surface area (Å²) in [5.41, 5.74) is 6.11. The second-order valence-electron chi connectivity index (χ2n) is 5.26. The second kappa shape index (κ2) is 7.03. The lowest BCUT2D eigenvalue weighted by molar-refractivity contribution is -0.122. The van der Waals surface area contributed by atoms with Gasteiger partial charge >= 0.3 is 0 Å². The van der Waals surface area contributed by atoms with Gasteiger partial charge in [-0.25, -0.2) is 0 Å². The maximum absolute atomic E-state index is 11.7. The van der Waals surface area contributed by atoms with Gasteiger partial charge in [0, 0.05) is 12.2 Å². The van der Waals surface area contributed by atoms with Crippen molar-refractivity contribution >= 4 is 11.6 Å². The van der Waals surface area contributed by atoms with Crippen LogP contribution in [0.5, 0.6) is 0 Å². The SMILES string of the molecule is CC(C)CCCC(C)NC(=O)Cn1cc(N)cn1. The Morgan fingerprint density at radius 3 is 2.72 bits per heavy atom. The summed E-state index contributed by atoms with van der Waals surface area (Å²) in [7, 11) is 0. The Hall–Kier alpha value is -1.52. The number of rotatable bonds is 7. The average Bonchev–Trinajstić information content (AvgIpc) is 2.62. The number of nitrogens with two attached hydrogens (primary N) is 1. The van der Waals surface area contributed by atoms with Crippen LogP contribution < -0.4 is 11.1 Å². The Morgan fingerprint density at radius 1 is 1.44 bits per heavy atom. The standard InChI is InChI=1S/C13H24N4O/c1-10(2)5-4-6-11(3)16-13(18)9-17-8-12(14)7-15-17/h7-8,10-11H,4-6,9,14H2,1-3H3,(H,16,18). The van der Waals surface area contributed by atoms with E-state index in [9.17, 15) is 4.79 Å². The van der Waals surface area contributed by atoms with Gasteiger partial charge in [-0.1, -0.05) is 26.7 Å². The van der Waals surface area contributed by atoms with Gasteiger partial charge in [0.1, 0.15) is 6.54 Å². The van der Waals surface area contributed by atoms with Gasteiger partial charge in [-0.2, -0.15) is 5.10 Å². The van der Waals surface area contributed by atoms with E-state index in [0.29, 0.717) is 5.69 Å². The molecule has 0 aliphatic rings. The molecule has 0 aliphatic carbocycles. The summed E-state index contributed by atoms with van der Waals surface area (Å²) < 4.78 is 1.55. The number of carbonyl (C=O) groups excluding carboxylic acids is 1. The number of hydrogen-bond acceptors (Lipinski definition) is 3. The van der Waals surface area contributed by atoms with Crippen LogP contribution in [0, 0.1) is 5.92 Å². The van der Waals surface area contributed by atoms with Crippen molar-refractivity contribution in [1.82, 2.24) is 15.1 Å². The van der Waals surface area contributed by atoms with Crippen LogP contribution in [0.3, 0.4) is 0 Å². The average molecular weight is 252 g/mol. The van der Waals surface area contributed by atoms with E-state index >= 15 is 0 Å². The van der Waals surface area contributed by atoms with Crippen molar-refractivity contribution in [1.29, 1.82) is 0 Å². The summed E-state index contributed by atoms with van der Waals surface area (Å²) in [5.74, 6) is 0.704. The van der Waals surface area contributed by atoms with Crippen molar-refractivity contribution in [3.05, 3.63) is 12.4 Å². The molecule has 1 aromatic rings. The zero-order valence-electron chi connectivity index (χ0n) is 11.5. The molecule has 0 aliphatic heterocycles. The number of aromatic nitrogens is 2. The van der Waals surface area contributed by atoms with Crippen LogP contribution in [0.4, 0.5) is 5.69 Å². The lowest BCUT2D eigenvalue weighted by atomic mass is 10.0. The normalized spacial score (nSPS) is 12.7. The third-order valence-corrected chi connectivity index (χ3v) is 2.78. The van der Waals surface area contributed by atoms with Crippen LogP contribution in [-0.4, -0.2) is 21.7 Å². The molecule has 1 rings (SSSR count). The zero-order chi connectivity index (χ0) is 13.5. The van der Waals surface area contributed by atoms with Crippen LogP contribution >= 0.6 is 0 Å². The first-order valence-corrected chi connectivity index (χ1v) is 6.54. The maximum Gasteiger partial charge on any atom is 0.241 e. The van der Waals surface area contributed by atoms with Crippen molar-refractivity contribution in [2.75, 3.05) is 5.73 Å². The lowest BCUT2D eigenvalue weighted by Crippen LogP contribution is -2.35. The molecule has 5 heteroatoms. The van der Waals surface area contributed by atoms with Gasteiger partial charge in [0.25, 0.3) is 0 Å². The first-order valence-electron chi connectivity index (χ1n) is 6.54. The summed E-state index contributed by atoms with van der Waals surface area (Å²) in [6, 6.07) is 0.212. The molecule has 3 N–H and O–H groups in total. The minimum Gasteiger partial charge on any atom is -0.396 e. The molecule has 0 bridgehead atoms. The second-order valence-corrected chi connectivity index (χ2v) is 5.26. The number of amides is 1. The fraction of sp³-hybridized carbons (Fsp3) is 0.692. The van der Waals surface area contributed by atoms with E-state index in [1.807, 2.05) is 6.92 Å². The smallest absolute Gasteiger partial charge is 0.241 e. The Kier molecular flexibility index (Phi) is 5.68. The van der Waals surface area contributed by atoms with E-state index in [-0.39, 0.29) is 18.5 Å². The highest BCUT2D eigenvalue weighted by atomic mass is 16.2. The molecular formula is C13H24N4O. The van der Waals surface area contributed by atoms with Gasteiger partial charge in [0.05, 0.1) is 11.9 Å². The number of nitrogen functional groups attached to an aromatic ring is 1. The summed E-state index contributed by atoms with van der Waals surface area (Å²) >= 11 is 0. The highest BCUT2D eigenvalue weighted by Crippen LogP contribution is 2.08. The molecule has 1 unspecified atom stereocenters. The molecule has 0 radical (unpaired) electrons. The Labute approximate surface area is 109 Å². The van der Waals surface area contributed by atoms with Gasteiger partial charge < -0.3 is 11.1 Å². The molecule has 18 heavy (non-hydrogen) atoms. The Morgan fingerprint density at radius 2 is 2.17 bits per heavy atom. The Bertz CT molecular complexity index is 373. The van der Waals surface area contributed by atoms with Crippen molar-refractivity contribution < 1.29 is 4.79 Å². The molecule has 0 fully saturated rings. The molecular weight excluding hydrogens is 228 g/mol. The van der Waals surface area contributed by atoms with Crippen LogP contribution in [0.2, 0.25) is 0 Å². The zero-order valence-corrected chi connectivity index (χ0v) is 11.5. The first-order chi connectivity index (χ1) is 8.47. The van der Waals surface area contributed by atoms with Crippen molar-refractivity contribution in [3.63, 3.8) is 0 Å². The predicted octanol–water partition coefficient (Wildman–Crippen LogP) is 1.80.